The second kappa shape index (κ2) is 10.6. The third kappa shape index (κ3) is 6.28. The molecule has 0 fully saturated rings. The summed E-state index contributed by atoms with van der Waals surface area (Å²) in [5.41, 5.74) is 2.23. The van der Waals surface area contributed by atoms with E-state index in [9.17, 15) is 28.3 Å². The molecule has 4 N–H and O–H groups in total. The van der Waals surface area contributed by atoms with Gasteiger partial charge in [-0.1, -0.05) is 48.5 Å². The summed E-state index contributed by atoms with van der Waals surface area (Å²) in [6, 6.07) is 13.5. The van der Waals surface area contributed by atoms with Crippen LogP contribution in [0.25, 0.3) is 11.1 Å². The number of carboxylic acids is 1. The zero-order chi connectivity index (χ0) is 24.9. The monoisotopic (exact) mass is 476 g/mol. The predicted octanol–water partition coefficient (Wildman–Crippen LogP) is 2.89. The zero-order valence-corrected chi connectivity index (χ0v) is 18.5. The van der Waals surface area contributed by atoms with Gasteiger partial charge in [0, 0.05) is 12.5 Å². The summed E-state index contributed by atoms with van der Waals surface area (Å²) >= 11 is 0. The summed E-state index contributed by atoms with van der Waals surface area (Å²) < 4.78 is 32.1. The molecule has 8 nitrogen and oxygen atoms in total. The zero-order valence-electron chi connectivity index (χ0n) is 18.5. The van der Waals surface area contributed by atoms with Crippen LogP contribution in [-0.4, -0.2) is 59.4 Å². The Morgan fingerprint density at radius 2 is 1.62 bits per heavy atom. The average molecular weight is 476 g/mol. The van der Waals surface area contributed by atoms with Gasteiger partial charge in [-0.05, 0) is 29.2 Å². The van der Waals surface area contributed by atoms with Crippen molar-refractivity contribution >= 4 is 18.0 Å². The molecular formula is C24H26F2N2O6. The molecule has 34 heavy (non-hydrogen) atoms. The molecule has 0 saturated heterocycles. The van der Waals surface area contributed by atoms with Crippen molar-refractivity contribution in [1.29, 1.82) is 0 Å². The first kappa shape index (κ1) is 25.1. The number of alkyl carbamates (subject to hydrolysis) is 1. The van der Waals surface area contributed by atoms with Gasteiger partial charge in [0.25, 0.3) is 6.43 Å². The van der Waals surface area contributed by atoms with Gasteiger partial charge >= 0.3 is 12.1 Å². The van der Waals surface area contributed by atoms with E-state index in [0.717, 1.165) is 22.3 Å². The first-order chi connectivity index (χ1) is 16.1. The first-order valence-electron chi connectivity index (χ1n) is 10.7. The molecule has 0 bridgehead atoms. The largest absolute Gasteiger partial charge is 0.481 e. The SMILES string of the molecule is CC(O)(CNC(=O)CC(NC(=O)OCC1c2ccccc2-c2ccccc21)C(F)F)CC(=O)O. The van der Waals surface area contributed by atoms with E-state index < -0.39 is 55.4 Å². The molecule has 0 aromatic heterocycles. The third-order valence-corrected chi connectivity index (χ3v) is 5.55. The van der Waals surface area contributed by atoms with Crippen LogP contribution < -0.4 is 10.6 Å². The Morgan fingerprint density at radius 1 is 1.06 bits per heavy atom. The number of halogens is 2. The van der Waals surface area contributed by atoms with Crippen molar-refractivity contribution in [2.24, 2.45) is 0 Å². The number of benzene rings is 2. The van der Waals surface area contributed by atoms with Crippen molar-refractivity contribution < 1.29 is 38.1 Å². The number of amides is 2. The van der Waals surface area contributed by atoms with Gasteiger partial charge in [-0.3, -0.25) is 9.59 Å². The fourth-order valence-electron chi connectivity index (χ4n) is 3.94. The minimum atomic E-state index is -3.05. The normalized spacial score (nSPS) is 15.1. The lowest BCUT2D eigenvalue weighted by Crippen LogP contribution is -2.47. The highest BCUT2D eigenvalue weighted by Gasteiger charge is 2.31. The number of fused-ring (bicyclic) bond motifs is 3. The summed E-state index contributed by atoms with van der Waals surface area (Å²) in [5.74, 6) is -2.40. The first-order valence-corrected chi connectivity index (χ1v) is 10.7. The maximum atomic E-state index is 13.4. The summed E-state index contributed by atoms with van der Waals surface area (Å²) in [5, 5.41) is 22.9. The second-order valence-electron chi connectivity index (χ2n) is 8.46. The number of carbonyl (C=O) groups excluding carboxylic acids is 2. The van der Waals surface area contributed by atoms with Gasteiger partial charge in [0.15, 0.2) is 0 Å². The van der Waals surface area contributed by atoms with Crippen molar-refractivity contribution in [2.45, 2.75) is 43.8 Å². The van der Waals surface area contributed by atoms with Crippen LogP contribution in [0.15, 0.2) is 48.5 Å². The molecule has 2 aromatic rings. The van der Waals surface area contributed by atoms with Crippen LogP contribution in [0, 0.1) is 0 Å². The van der Waals surface area contributed by atoms with Crippen LogP contribution in [0.5, 0.6) is 0 Å². The van der Waals surface area contributed by atoms with Gasteiger partial charge in [-0.15, -0.1) is 0 Å². The maximum Gasteiger partial charge on any atom is 0.407 e. The molecular weight excluding hydrogens is 450 g/mol. The molecule has 1 aliphatic carbocycles. The van der Waals surface area contributed by atoms with E-state index in [-0.39, 0.29) is 12.5 Å². The van der Waals surface area contributed by atoms with E-state index in [1.54, 1.807) is 0 Å². The molecule has 2 atom stereocenters. The van der Waals surface area contributed by atoms with Gasteiger partial charge in [0.1, 0.15) is 12.6 Å². The smallest absolute Gasteiger partial charge is 0.407 e. The van der Waals surface area contributed by atoms with E-state index in [4.69, 9.17) is 9.84 Å². The third-order valence-electron chi connectivity index (χ3n) is 5.55. The standard InChI is InChI=1S/C24H26F2N2O6/c1-24(33,11-21(30)31)13-27-20(29)10-19(22(25)26)28-23(32)34-12-18-16-8-4-2-6-14(16)15-7-3-5-9-17(15)18/h2-9,18-19,22,33H,10-13H2,1H3,(H,27,29)(H,28,32)(H,30,31). The molecule has 2 unspecified atom stereocenters. The highest BCUT2D eigenvalue weighted by atomic mass is 19.3. The molecule has 0 spiro atoms. The van der Waals surface area contributed by atoms with Gasteiger partial charge < -0.3 is 25.6 Å². The molecule has 182 valence electrons. The van der Waals surface area contributed by atoms with Gasteiger partial charge in [0.05, 0.1) is 18.4 Å². The Hall–Kier alpha value is -3.53. The number of nitrogens with one attached hydrogen (secondary N) is 2. The van der Waals surface area contributed by atoms with Crippen molar-refractivity contribution in [3.8, 4) is 11.1 Å². The van der Waals surface area contributed by atoms with Crippen LogP contribution in [-0.2, 0) is 14.3 Å². The lowest BCUT2D eigenvalue weighted by atomic mass is 9.98. The summed E-state index contributed by atoms with van der Waals surface area (Å²) in [4.78, 5) is 35.0. The summed E-state index contributed by atoms with van der Waals surface area (Å²) in [6.45, 7) is 0.681. The minimum absolute atomic E-state index is 0.0694. The number of alkyl halides is 2. The second-order valence-corrected chi connectivity index (χ2v) is 8.46. The summed E-state index contributed by atoms with van der Waals surface area (Å²) in [6.07, 6.45) is -5.54. The van der Waals surface area contributed by atoms with Crippen molar-refractivity contribution in [1.82, 2.24) is 10.6 Å². The van der Waals surface area contributed by atoms with E-state index >= 15 is 0 Å². The Labute approximate surface area is 194 Å². The molecule has 0 saturated carbocycles. The van der Waals surface area contributed by atoms with Crippen LogP contribution in [0.3, 0.4) is 0 Å². The molecule has 1 aliphatic rings. The maximum absolute atomic E-state index is 13.4. The van der Waals surface area contributed by atoms with E-state index in [1.165, 1.54) is 6.92 Å². The predicted molar refractivity (Wildman–Crippen MR) is 119 cm³/mol. The van der Waals surface area contributed by atoms with Gasteiger partial charge in [-0.25, -0.2) is 13.6 Å². The topological polar surface area (TPSA) is 125 Å². The molecule has 0 aliphatic heterocycles. The van der Waals surface area contributed by atoms with Crippen LogP contribution in [0.2, 0.25) is 0 Å². The molecule has 0 heterocycles. The number of carboxylic acid groups (broad SMARTS) is 1. The number of aliphatic carboxylic acids is 1. The quantitative estimate of drug-likeness (QED) is 0.418. The van der Waals surface area contributed by atoms with Crippen LogP contribution in [0.1, 0.15) is 36.8 Å². The molecule has 10 heteroatoms. The number of carbonyl (C=O) groups is 3. The van der Waals surface area contributed by atoms with E-state index in [0.29, 0.717) is 0 Å². The number of rotatable bonds is 10. The van der Waals surface area contributed by atoms with Crippen molar-refractivity contribution in [3.63, 3.8) is 0 Å². The minimum Gasteiger partial charge on any atom is -0.481 e. The van der Waals surface area contributed by atoms with Crippen LogP contribution in [0.4, 0.5) is 13.6 Å². The molecule has 3 rings (SSSR count). The lowest BCUT2D eigenvalue weighted by Gasteiger charge is -2.23. The van der Waals surface area contributed by atoms with Crippen molar-refractivity contribution in [3.05, 3.63) is 59.7 Å². The Balaban J connectivity index is 1.56. The number of hydrogen-bond acceptors (Lipinski definition) is 5. The van der Waals surface area contributed by atoms with Gasteiger partial charge in [-0.2, -0.15) is 0 Å². The fourth-order valence-corrected chi connectivity index (χ4v) is 3.94. The van der Waals surface area contributed by atoms with E-state index in [2.05, 4.69) is 5.32 Å². The average Bonchev–Trinajstić information content (AvgIpc) is 3.09. The Morgan fingerprint density at radius 3 is 2.15 bits per heavy atom. The Kier molecular flexibility index (Phi) is 7.83. The molecule has 0 radical (unpaired) electrons. The lowest BCUT2D eigenvalue weighted by molar-refractivity contribution is -0.142. The number of aliphatic hydroxyl groups is 1. The fraction of sp³-hybridized carbons (Fsp3) is 0.375. The summed E-state index contributed by atoms with van der Waals surface area (Å²) in [7, 11) is 0. The Bertz CT molecular complexity index is 1010. The highest BCUT2D eigenvalue weighted by Crippen LogP contribution is 2.44. The number of hydrogen-bond donors (Lipinski definition) is 4. The molecule has 2 aromatic carbocycles. The van der Waals surface area contributed by atoms with Crippen LogP contribution >= 0.6 is 0 Å². The van der Waals surface area contributed by atoms with Gasteiger partial charge in [0.2, 0.25) is 5.91 Å². The number of ether oxygens (including phenoxy) is 1. The highest BCUT2D eigenvalue weighted by molar-refractivity contribution is 5.80. The van der Waals surface area contributed by atoms with E-state index in [1.807, 2.05) is 53.8 Å². The van der Waals surface area contributed by atoms with Crippen molar-refractivity contribution in [2.75, 3.05) is 13.2 Å². The molecule has 2 amide bonds.